The van der Waals surface area contributed by atoms with E-state index in [0.717, 1.165) is 21.7 Å². The van der Waals surface area contributed by atoms with Crippen molar-refractivity contribution in [3.05, 3.63) is 116 Å². The summed E-state index contributed by atoms with van der Waals surface area (Å²) in [6.45, 7) is -0.345. The zero-order valence-corrected chi connectivity index (χ0v) is 22.6. The van der Waals surface area contributed by atoms with Gasteiger partial charge in [-0.1, -0.05) is 42.5 Å². The third-order valence-electron chi connectivity index (χ3n) is 6.23. The maximum atomic E-state index is 13.3. The van der Waals surface area contributed by atoms with Crippen LogP contribution < -0.4 is 20.5 Å². The quantitative estimate of drug-likeness (QED) is 0.310. The SMILES string of the molecule is COc1ccc([C@H]2C=C(c3cccs3)NN2C(=O)COC(=O)c2ccc(=O)n(Cc3ccccc3)n2)cc1OC. The highest BCUT2D eigenvalue weighted by Crippen LogP contribution is 2.37. The van der Waals surface area contributed by atoms with Crippen LogP contribution in [0.25, 0.3) is 5.70 Å². The number of rotatable bonds is 9. The number of ether oxygens (including phenoxy) is 3. The van der Waals surface area contributed by atoms with Crippen LogP contribution in [0.4, 0.5) is 0 Å². The summed E-state index contributed by atoms with van der Waals surface area (Å²) in [5.74, 6) is -0.210. The van der Waals surface area contributed by atoms with Crippen LogP contribution in [0.1, 0.15) is 32.5 Å². The molecule has 4 aromatic rings. The molecule has 1 atom stereocenters. The number of carbonyl (C=O) groups is 2. The number of hydrazine groups is 1. The number of esters is 1. The van der Waals surface area contributed by atoms with Crippen molar-refractivity contribution in [1.82, 2.24) is 20.2 Å². The molecule has 0 radical (unpaired) electrons. The minimum absolute atomic E-state index is 0.0773. The summed E-state index contributed by atoms with van der Waals surface area (Å²) in [6.07, 6.45) is 1.92. The van der Waals surface area contributed by atoms with E-state index < -0.39 is 24.5 Å². The molecule has 2 aromatic heterocycles. The van der Waals surface area contributed by atoms with Gasteiger partial charge in [0.2, 0.25) is 0 Å². The first-order valence-corrected chi connectivity index (χ1v) is 13.2. The maximum Gasteiger partial charge on any atom is 0.359 e. The molecule has 0 spiro atoms. The highest BCUT2D eigenvalue weighted by molar-refractivity contribution is 7.11. The van der Waals surface area contributed by atoms with E-state index in [0.29, 0.717) is 11.5 Å². The van der Waals surface area contributed by atoms with Crippen LogP contribution in [-0.4, -0.2) is 47.5 Å². The summed E-state index contributed by atoms with van der Waals surface area (Å²) in [6, 6.07) is 20.6. The molecule has 1 aliphatic heterocycles. The first-order valence-electron chi connectivity index (χ1n) is 12.3. The molecule has 0 aliphatic carbocycles. The lowest BCUT2D eigenvalue weighted by Crippen LogP contribution is -2.42. The topological polar surface area (TPSA) is 112 Å². The van der Waals surface area contributed by atoms with E-state index in [1.54, 1.807) is 26.4 Å². The van der Waals surface area contributed by atoms with Gasteiger partial charge in [0, 0.05) is 6.07 Å². The summed E-state index contributed by atoms with van der Waals surface area (Å²) < 4.78 is 17.3. The first-order chi connectivity index (χ1) is 19.5. The fourth-order valence-corrected chi connectivity index (χ4v) is 4.94. The predicted octanol–water partition coefficient (Wildman–Crippen LogP) is 3.66. The second kappa shape index (κ2) is 11.9. The van der Waals surface area contributed by atoms with E-state index in [9.17, 15) is 14.4 Å². The van der Waals surface area contributed by atoms with E-state index in [2.05, 4.69) is 10.5 Å². The van der Waals surface area contributed by atoms with Crippen LogP contribution in [0, 0.1) is 0 Å². The zero-order valence-electron chi connectivity index (χ0n) is 21.8. The number of nitrogens with zero attached hydrogens (tertiary/aromatic N) is 3. The van der Waals surface area contributed by atoms with Crippen molar-refractivity contribution in [2.45, 2.75) is 12.6 Å². The Morgan fingerprint density at radius 2 is 1.77 bits per heavy atom. The van der Waals surface area contributed by atoms with E-state index in [-0.39, 0.29) is 17.8 Å². The number of methoxy groups -OCH3 is 2. The lowest BCUT2D eigenvalue weighted by molar-refractivity contribution is -0.137. The molecule has 0 saturated carbocycles. The van der Waals surface area contributed by atoms with Gasteiger partial charge < -0.3 is 14.2 Å². The van der Waals surface area contributed by atoms with Crippen LogP contribution in [0.15, 0.2) is 89.0 Å². The molecule has 40 heavy (non-hydrogen) atoms. The van der Waals surface area contributed by atoms with Crippen molar-refractivity contribution >= 4 is 28.9 Å². The molecule has 1 N–H and O–H groups in total. The van der Waals surface area contributed by atoms with E-state index in [1.165, 1.54) is 33.2 Å². The van der Waals surface area contributed by atoms with E-state index in [1.807, 2.05) is 60.0 Å². The number of amides is 1. The zero-order chi connectivity index (χ0) is 28.1. The minimum Gasteiger partial charge on any atom is -0.493 e. The van der Waals surface area contributed by atoms with Gasteiger partial charge in [0.25, 0.3) is 11.5 Å². The molecule has 2 aromatic carbocycles. The van der Waals surface area contributed by atoms with Crippen LogP contribution >= 0.6 is 11.3 Å². The normalized spacial score (nSPS) is 14.3. The van der Waals surface area contributed by atoms with Crippen molar-refractivity contribution in [2.75, 3.05) is 20.8 Å². The Morgan fingerprint density at radius 1 is 0.975 bits per heavy atom. The number of hydrogen-bond donors (Lipinski definition) is 1. The molecule has 1 amide bonds. The summed E-state index contributed by atoms with van der Waals surface area (Å²) in [4.78, 5) is 39.4. The fraction of sp³-hybridized carbons (Fsp3) is 0.172. The smallest absolute Gasteiger partial charge is 0.359 e. The van der Waals surface area contributed by atoms with E-state index in [4.69, 9.17) is 14.2 Å². The largest absolute Gasteiger partial charge is 0.493 e. The number of carbonyl (C=O) groups excluding carboxylic acids is 2. The van der Waals surface area contributed by atoms with E-state index >= 15 is 0 Å². The highest BCUT2D eigenvalue weighted by atomic mass is 32.1. The van der Waals surface area contributed by atoms with Crippen LogP contribution in [0.3, 0.4) is 0 Å². The molecule has 5 rings (SSSR count). The standard InChI is InChI=1S/C29H26N4O6S/c1-37-24-12-10-20(15-25(24)38-2)23-16-22(26-9-6-14-40-26)31-33(23)28(35)18-39-29(36)21-11-13-27(34)32(30-21)17-19-7-4-3-5-8-19/h3-16,23,31H,17-18H2,1-2H3/t23-/m1/s1. The van der Waals surface area contributed by atoms with Crippen molar-refractivity contribution in [1.29, 1.82) is 0 Å². The monoisotopic (exact) mass is 558 g/mol. The maximum absolute atomic E-state index is 13.3. The molecular weight excluding hydrogens is 532 g/mol. The number of nitrogens with one attached hydrogen (secondary N) is 1. The lowest BCUT2D eigenvalue weighted by Gasteiger charge is -2.25. The summed E-state index contributed by atoms with van der Waals surface area (Å²) in [5, 5.41) is 7.50. The molecule has 204 valence electrons. The highest BCUT2D eigenvalue weighted by Gasteiger charge is 2.32. The minimum atomic E-state index is -0.816. The van der Waals surface area contributed by atoms with Gasteiger partial charge in [0.05, 0.1) is 37.4 Å². The van der Waals surface area contributed by atoms with Gasteiger partial charge in [0.15, 0.2) is 23.8 Å². The van der Waals surface area contributed by atoms with Crippen molar-refractivity contribution in [3.63, 3.8) is 0 Å². The Kier molecular flexibility index (Phi) is 7.92. The Hall–Kier alpha value is -4.90. The molecule has 3 heterocycles. The fourth-order valence-electron chi connectivity index (χ4n) is 4.24. The van der Waals surface area contributed by atoms with Gasteiger partial charge in [-0.15, -0.1) is 11.3 Å². The van der Waals surface area contributed by atoms with Gasteiger partial charge in [0.1, 0.15) is 0 Å². The van der Waals surface area contributed by atoms with Gasteiger partial charge in [-0.3, -0.25) is 15.0 Å². The van der Waals surface area contributed by atoms with Gasteiger partial charge in [-0.25, -0.2) is 14.5 Å². The second-order valence-corrected chi connectivity index (χ2v) is 9.72. The summed E-state index contributed by atoms with van der Waals surface area (Å²) in [5.41, 5.74) is 5.09. The van der Waals surface area contributed by atoms with Crippen LogP contribution in [0.2, 0.25) is 0 Å². The van der Waals surface area contributed by atoms with Gasteiger partial charge in [-0.05, 0) is 46.8 Å². The third-order valence-corrected chi connectivity index (χ3v) is 7.13. The number of benzene rings is 2. The average Bonchev–Trinajstić information content (AvgIpc) is 3.68. The van der Waals surface area contributed by atoms with Gasteiger partial charge in [-0.2, -0.15) is 5.10 Å². The molecule has 0 saturated heterocycles. The molecule has 11 heteroatoms. The second-order valence-electron chi connectivity index (χ2n) is 8.77. The molecule has 0 unspecified atom stereocenters. The lowest BCUT2D eigenvalue weighted by atomic mass is 10.0. The average molecular weight is 559 g/mol. The number of hydrogen-bond acceptors (Lipinski definition) is 9. The number of thiophene rings is 1. The third kappa shape index (κ3) is 5.74. The molecule has 10 nitrogen and oxygen atoms in total. The van der Waals surface area contributed by atoms with Crippen LogP contribution in [-0.2, 0) is 16.1 Å². The number of aromatic nitrogens is 2. The van der Waals surface area contributed by atoms with Crippen LogP contribution in [0.5, 0.6) is 11.5 Å². The Morgan fingerprint density at radius 3 is 2.50 bits per heavy atom. The molecule has 1 aliphatic rings. The van der Waals surface area contributed by atoms with Crippen molar-refractivity contribution < 1.29 is 23.8 Å². The summed E-state index contributed by atoms with van der Waals surface area (Å²) in [7, 11) is 3.09. The molecule has 0 fully saturated rings. The molecular formula is C29H26N4O6S. The van der Waals surface area contributed by atoms with Crippen molar-refractivity contribution in [3.8, 4) is 11.5 Å². The molecule has 0 bridgehead atoms. The van der Waals surface area contributed by atoms with Gasteiger partial charge >= 0.3 is 5.97 Å². The summed E-state index contributed by atoms with van der Waals surface area (Å²) >= 11 is 1.53. The Labute approximate surface area is 234 Å². The first kappa shape index (κ1) is 26.7. The van der Waals surface area contributed by atoms with Crippen molar-refractivity contribution in [2.24, 2.45) is 0 Å². The Balaban J connectivity index is 1.32. The Bertz CT molecular complexity index is 1600. The predicted molar refractivity (Wildman–Crippen MR) is 149 cm³/mol.